The number of carbonyl (C=O) groups is 1. The summed E-state index contributed by atoms with van der Waals surface area (Å²) < 4.78 is 27.0. The van der Waals surface area contributed by atoms with Gasteiger partial charge in [-0.1, -0.05) is 0 Å². The van der Waals surface area contributed by atoms with E-state index in [-0.39, 0.29) is 11.9 Å². The molecule has 0 radical (unpaired) electrons. The summed E-state index contributed by atoms with van der Waals surface area (Å²) in [6.45, 7) is 3.82. The molecule has 0 N–H and O–H groups in total. The second-order valence-corrected chi connectivity index (χ2v) is 8.53. The number of likely N-dealkylation sites (tertiary alicyclic amines) is 1. The monoisotopic (exact) mass is 340 g/mol. The number of carbonyl (C=O) groups excluding carboxylic acids is 1. The lowest BCUT2D eigenvalue weighted by Crippen LogP contribution is -2.49. The van der Waals surface area contributed by atoms with E-state index in [9.17, 15) is 13.2 Å². The number of sulfonamides is 1. The maximum absolute atomic E-state index is 12.9. The Hall–Kier alpha value is -1.41. The van der Waals surface area contributed by atoms with Crippen molar-refractivity contribution in [3.8, 4) is 0 Å². The van der Waals surface area contributed by atoms with Crippen LogP contribution in [0.1, 0.15) is 31.2 Å². The molecule has 128 valence electrons. The number of rotatable bonds is 4. The molecular weight excluding hydrogens is 316 g/mol. The van der Waals surface area contributed by atoms with Gasteiger partial charge in [-0.15, -0.1) is 0 Å². The van der Waals surface area contributed by atoms with Crippen LogP contribution in [0.4, 0.5) is 0 Å². The summed E-state index contributed by atoms with van der Waals surface area (Å²) in [6, 6.07) is -0.422. The van der Waals surface area contributed by atoms with E-state index >= 15 is 0 Å². The molecule has 8 heteroatoms. The molecule has 0 aliphatic carbocycles. The van der Waals surface area contributed by atoms with Crippen LogP contribution in [0, 0.1) is 6.92 Å². The highest BCUT2D eigenvalue weighted by atomic mass is 32.2. The molecule has 0 bridgehead atoms. The van der Waals surface area contributed by atoms with Crippen LogP contribution in [0.15, 0.2) is 12.4 Å². The zero-order valence-corrected chi connectivity index (χ0v) is 14.5. The molecule has 7 nitrogen and oxygen atoms in total. The molecular formula is C15H24N4O3S. The van der Waals surface area contributed by atoms with Crippen molar-refractivity contribution in [2.75, 3.05) is 19.3 Å². The fourth-order valence-electron chi connectivity index (χ4n) is 3.67. The first-order valence-electron chi connectivity index (χ1n) is 8.12. The molecule has 2 aliphatic heterocycles. The fourth-order valence-corrected chi connectivity index (χ4v) is 4.79. The molecule has 3 heterocycles. The molecule has 1 aromatic rings. The minimum atomic E-state index is -3.33. The van der Waals surface area contributed by atoms with Crippen LogP contribution in [-0.2, 0) is 21.4 Å². The molecule has 0 spiro atoms. The highest BCUT2D eigenvalue weighted by molar-refractivity contribution is 7.88. The third-order valence-corrected chi connectivity index (χ3v) is 6.02. The lowest BCUT2D eigenvalue weighted by molar-refractivity contribution is -0.135. The Bertz CT molecular complexity index is 685. The quantitative estimate of drug-likeness (QED) is 0.805. The van der Waals surface area contributed by atoms with Crippen molar-refractivity contribution in [3.63, 3.8) is 0 Å². The topological polar surface area (TPSA) is 75.5 Å². The van der Waals surface area contributed by atoms with Gasteiger partial charge in [0.1, 0.15) is 6.04 Å². The van der Waals surface area contributed by atoms with Gasteiger partial charge in [0.05, 0.1) is 25.0 Å². The van der Waals surface area contributed by atoms with Gasteiger partial charge in [-0.3, -0.25) is 9.48 Å². The fraction of sp³-hybridized carbons (Fsp3) is 0.733. The third kappa shape index (κ3) is 3.42. The van der Waals surface area contributed by atoms with Crippen molar-refractivity contribution < 1.29 is 13.2 Å². The summed E-state index contributed by atoms with van der Waals surface area (Å²) in [6.07, 6.45) is 8.24. The largest absolute Gasteiger partial charge is 0.336 e. The Morgan fingerprint density at radius 2 is 2.04 bits per heavy atom. The van der Waals surface area contributed by atoms with E-state index in [0.29, 0.717) is 26.1 Å². The molecule has 2 saturated heterocycles. The molecule has 0 aromatic carbocycles. The van der Waals surface area contributed by atoms with Crippen molar-refractivity contribution >= 4 is 15.9 Å². The van der Waals surface area contributed by atoms with Crippen molar-refractivity contribution in [2.24, 2.45) is 0 Å². The zero-order chi connectivity index (χ0) is 16.6. The van der Waals surface area contributed by atoms with Crippen molar-refractivity contribution in [3.05, 3.63) is 18.0 Å². The van der Waals surface area contributed by atoms with Crippen LogP contribution in [-0.4, -0.2) is 64.7 Å². The Morgan fingerprint density at radius 1 is 1.30 bits per heavy atom. The molecule has 23 heavy (non-hydrogen) atoms. The zero-order valence-electron chi connectivity index (χ0n) is 13.7. The van der Waals surface area contributed by atoms with Crippen LogP contribution in [0.5, 0.6) is 0 Å². The lowest BCUT2D eigenvalue weighted by atomic mass is 10.1. The van der Waals surface area contributed by atoms with E-state index in [1.807, 2.05) is 28.9 Å². The number of aromatic nitrogens is 2. The van der Waals surface area contributed by atoms with Crippen LogP contribution < -0.4 is 0 Å². The summed E-state index contributed by atoms with van der Waals surface area (Å²) in [4.78, 5) is 14.8. The summed E-state index contributed by atoms with van der Waals surface area (Å²) in [5, 5.41) is 4.30. The van der Waals surface area contributed by atoms with Crippen molar-refractivity contribution in [2.45, 2.75) is 51.2 Å². The number of aryl methyl sites for hydroxylation is 1. The van der Waals surface area contributed by atoms with E-state index in [1.54, 1.807) is 0 Å². The number of nitrogens with zero attached hydrogens (tertiary/aromatic N) is 4. The van der Waals surface area contributed by atoms with Crippen molar-refractivity contribution in [1.82, 2.24) is 19.0 Å². The maximum atomic E-state index is 12.9. The highest BCUT2D eigenvalue weighted by Gasteiger charge is 2.41. The van der Waals surface area contributed by atoms with E-state index < -0.39 is 16.1 Å². The van der Waals surface area contributed by atoms with Gasteiger partial charge in [0.15, 0.2) is 0 Å². The summed E-state index contributed by atoms with van der Waals surface area (Å²) in [5.74, 6) is -0.0423. The van der Waals surface area contributed by atoms with Crippen LogP contribution in [0.2, 0.25) is 0 Å². The van der Waals surface area contributed by atoms with Gasteiger partial charge in [0.25, 0.3) is 0 Å². The van der Waals surface area contributed by atoms with E-state index in [4.69, 9.17) is 0 Å². The normalized spacial score (nSPS) is 26.1. The van der Waals surface area contributed by atoms with Crippen LogP contribution in [0.3, 0.4) is 0 Å². The molecule has 2 fully saturated rings. The van der Waals surface area contributed by atoms with Gasteiger partial charge in [0, 0.05) is 19.3 Å². The van der Waals surface area contributed by atoms with E-state index in [2.05, 4.69) is 5.10 Å². The molecule has 2 aliphatic rings. The van der Waals surface area contributed by atoms with Crippen LogP contribution in [0.25, 0.3) is 0 Å². The molecule has 1 aromatic heterocycles. The first-order valence-corrected chi connectivity index (χ1v) is 9.97. The lowest BCUT2D eigenvalue weighted by Gasteiger charge is -2.30. The Labute approximate surface area is 137 Å². The molecule has 1 amide bonds. The summed E-state index contributed by atoms with van der Waals surface area (Å²) in [7, 11) is -3.33. The van der Waals surface area contributed by atoms with Gasteiger partial charge >= 0.3 is 0 Å². The van der Waals surface area contributed by atoms with Gasteiger partial charge in [-0.05, 0) is 38.2 Å². The second-order valence-electron chi connectivity index (χ2n) is 6.60. The van der Waals surface area contributed by atoms with Gasteiger partial charge in [-0.2, -0.15) is 9.40 Å². The second kappa shape index (κ2) is 6.24. The average molecular weight is 340 g/mol. The molecule has 0 saturated carbocycles. The van der Waals surface area contributed by atoms with Gasteiger partial charge in [0.2, 0.25) is 15.9 Å². The Morgan fingerprint density at radius 3 is 2.70 bits per heavy atom. The van der Waals surface area contributed by atoms with Crippen LogP contribution >= 0.6 is 0 Å². The Kier molecular flexibility index (Phi) is 4.46. The first kappa shape index (κ1) is 16.4. The molecule has 3 rings (SSSR count). The number of hydrogen-bond donors (Lipinski definition) is 0. The van der Waals surface area contributed by atoms with E-state index in [0.717, 1.165) is 24.8 Å². The predicted molar refractivity (Wildman–Crippen MR) is 86.3 cm³/mol. The predicted octanol–water partition coefficient (Wildman–Crippen LogP) is 0.607. The molecule has 2 atom stereocenters. The standard InChI is InChI=1S/C15H24N4O3S/c1-12-9-16-17(10-12)11-13-5-3-7-18(13)15(20)14-6-4-8-19(14)23(2,21)22/h9-10,13-14H,3-8,11H2,1-2H3/t13-,14-/m0/s1. The van der Waals surface area contributed by atoms with Gasteiger partial charge in [-0.25, -0.2) is 8.42 Å². The van der Waals surface area contributed by atoms with Crippen molar-refractivity contribution in [1.29, 1.82) is 0 Å². The number of hydrogen-bond acceptors (Lipinski definition) is 4. The minimum absolute atomic E-state index is 0.0423. The third-order valence-electron chi connectivity index (χ3n) is 4.74. The number of amides is 1. The van der Waals surface area contributed by atoms with Gasteiger partial charge < -0.3 is 4.90 Å². The average Bonchev–Trinajstić information content (AvgIpc) is 3.18. The first-order chi connectivity index (χ1) is 10.9. The SMILES string of the molecule is Cc1cnn(C[C@@H]2CCCN2C(=O)[C@@H]2CCCN2S(C)(=O)=O)c1. The molecule has 0 unspecified atom stereocenters. The smallest absolute Gasteiger partial charge is 0.241 e. The maximum Gasteiger partial charge on any atom is 0.241 e. The van der Waals surface area contributed by atoms with E-state index in [1.165, 1.54) is 10.6 Å². The Balaban J connectivity index is 1.73. The summed E-state index contributed by atoms with van der Waals surface area (Å²) >= 11 is 0. The highest BCUT2D eigenvalue weighted by Crippen LogP contribution is 2.26. The summed E-state index contributed by atoms with van der Waals surface area (Å²) in [5.41, 5.74) is 1.10. The minimum Gasteiger partial charge on any atom is -0.336 e.